The van der Waals surface area contributed by atoms with Crippen LogP contribution in [-0.2, 0) is 6.61 Å². The van der Waals surface area contributed by atoms with Gasteiger partial charge in [0.2, 0.25) is 0 Å². The minimum absolute atomic E-state index is 0.0385. The summed E-state index contributed by atoms with van der Waals surface area (Å²) in [6.07, 6.45) is 0. The van der Waals surface area contributed by atoms with Crippen molar-refractivity contribution in [3.8, 4) is 17.2 Å². The van der Waals surface area contributed by atoms with Gasteiger partial charge in [-0.05, 0) is 42.3 Å². The van der Waals surface area contributed by atoms with Gasteiger partial charge >= 0.3 is 0 Å². The molecule has 0 unspecified atom stereocenters. The predicted octanol–water partition coefficient (Wildman–Crippen LogP) is 2.87. The number of hydrogen-bond donors (Lipinski definition) is 2. The lowest BCUT2D eigenvalue weighted by Crippen LogP contribution is -1.96. The number of aliphatic hydroxyl groups is 1. The van der Waals surface area contributed by atoms with E-state index in [2.05, 4.69) is 0 Å². The molecule has 0 aliphatic rings. The fourth-order valence-corrected chi connectivity index (χ4v) is 1.74. The maximum Gasteiger partial charge on any atom is 0.169 e. The summed E-state index contributed by atoms with van der Waals surface area (Å²) >= 11 is 0. The summed E-state index contributed by atoms with van der Waals surface area (Å²) in [7, 11) is 1.56. The van der Waals surface area contributed by atoms with Crippen molar-refractivity contribution in [1.82, 2.24) is 0 Å². The maximum absolute atomic E-state index is 9.10. The maximum atomic E-state index is 9.10. The van der Waals surface area contributed by atoms with Crippen LogP contribution in [0.15, 0.2) is 36.4 Å². The number of benzene rings is 2. The molecule has 4 heteroatoms. The van der Waals surface area contributed by atoms with Crippen molar-refractivity contribution in [1.29, 1.82) is 0 Å². The van der Waals surface area contributed by atoms with Crippen molar-refractivity contribution in [2.75, 3.05) is 12.8 Å². The van der Waals surface area contributed by atoms with Gasteiger partial charge in [-0.2, -0.15) is 0 Å². The highest BCUT2D eigenvalue weighted by molar-refractivity contribution is 5.56. The number of nitrogens with two attached hydrogens (primary N) is 1. The number of aryl methyl sites for hydroxylation is 1. The fourth-order valence-electron chi connectivity index (χ4n) is 1.74. The number of ether oxygens (including phenoxy) is 2. The standard InChI is InChI=1S/C15H17NO3/c1-10-3-5-12(16)14(7-10)19-13-6-4-11(9-17)8-15(13)18-2/h3-8,17H,9,16H2,1-2H3. The Morgan fingerprint density at radius 2 is 1.84 bits per heavy atom. The van der Waals surface area contributed by atoms with Gasteiger partial charge in [-0.15, -0.1) is 0 Å². The van der Waals surface area contributed by atoms with E-state index in [9.17, 15) is 0 Å². The van der Waals surface area contributed by atoms with Crippen molar-refractivity contribution in [3.63, 3.8) is 0 Å². The molecule has 0 aromatic heterocycles. The minimum Gasteiger partial charge on any atom is -0.493 e. The minimum atomic E-state index is -0.0385. The van der Waals surface area contributed by atoms with E-state index in [0.29, 0.717) is 22.9 Å². The summed E-state index contributed by atoms with van der Waals surface area (Å²) in [6, 6.07) is 10.9. The first-order valence-corrected chi connectivity index (χ1v) is 5.96. The van der Waals surface area contributed by atoms with Crippen molar-refractivity contribution in [2.45, 2.75) is 13.5 Å². The van der Waals surface area contributed by atoms with Crippen LogP contribution < -0.4 is 15.2 Å². The number of anilines is 1. The zero-order chi connectivity index (χ0) is 13.8. The largest absolute Gasteiger partial charge is 0.493 e. The highest BCUT2D eigenvalue weighted by Gasteiger charge is 2.09. The number of hydrogen-bond acceptors (Lipinski definition) is 4. The zero-order valence-corrected chi connectivity index (χ0v) is 11.0. The van der Waals surface area contributed by atoms with Crippen LogP contribution in [0.5, 0.6) is 17.2 Å². The smallest absolute Gasteiger partial charge is 0.169 e. The Morgan fingerprint density at radius 1 is 1.05 bits per heavy atom. The quantitative estimate of drug-likeness (QED) is 0.829. The van der Waals surface area contributed by atoms with Gasteiger partial charge in [0.25, 0.3) is 0 Å². The van der Waals surface area contributed by atoms with Crippen molar-refractivity contribution in [2.24, 2.45) is 0 Å². The second-order valence-electron chi connectivity index (χ2n) is 4.29. The zero-order valence-electron chi connectivity index (χ0n) is 11.0. The summed E-state index contributed by atoms with van der Waals surface area (Å²) in [6.45, 7) is 1.93. The number of methoxy groups -OCH3 is 1. The third-order valence-electron chi connectivity index (χ3n) is 2.80. The number of rotatable bonds is 4. The number of aliphatic hydroxyl groups excluding tert-OH is 1. The van der Waals surface area contributed by atoms with E-state index < -0.39 is 0 Å². The molecule has 0 spiro atoms. The third kappa shape index (κ3) is 2.98. The lowest BCUT2D eigenvalue weighted by molar-refractivity contribution is 0.280. The van der Waals surface area contributed by atoms with Crippen molar-refractivity contribution >= 4 is 5.69 Å². The topological polar surface area (TPSA) is 64.7 Å². The van der Waals surface area contributed by atoms with Crippen LogP contribution in [0, 0.1) is 6.92 Å². The summed E-state index contributed by atoms with van der Waals surface area (Å²) in [5.74, 6) is 1.72. The van der Waals surface area contributed by atoms with Gasteiger partial charge < -0.3 is 20.3 Å². The molecule has 2 rings (SSSR count). The van der Waals surface area contributed by atoms with Crippen LogP contribution in [-0.4, -0.2) is 12.2 Å². The summed E-state index contributed by atoms with van der Waals surface area (Å²) in [5.41, 5.74) is 8.28. The molecule has 0 heterocycles. The van der Waals surface area contributed by atoms with Gasteiger partial charge in [0, 0.05) is 0 Å². The van der Waals surface area contributed by atoms with Gasteiger partial charge in [-0.25, -0.2) is 0 Å². The molecule has 19 heavy (non-hydrogen) atoms. The van der Waals surface area contributed by atoms with E-state index in [0.717, 1.165) is 11.1 Å². The molecule has 0 saturated carbocycles. The molecule has 0 saturated heterocycles. The first-order chi connectivity index (χ1) is 9.13. The van der Waals surface area contributed by atoms with Gasteiger partial charge in [-0.3, -0.25) is 0 Å². The monoisotopic (exact) mass is 259 g/mol. The van der Waals surface area contributed by atoms with E-state index in [4.69, 9.17) is 20.3 Å². The van der Waals surface area contributed by atoms with Gasteiger partial charge in [-0.1, -0.05) is 12.1 Å². The van der Waals surface area contributed by atoms with Gasteiger partial charge in [0.1, 0.15) is 0 Å². The molecule has 0 bridgehead atoms. The molecule has 2 aromatic rings. The molecular weight excluding hydrogens is 242 g/mol. The van der Waals surface area contributed by atoms with Crippen molar-refractivity contribution < 1.29 is 14.6 Å². The Balaban J connectivity index is 2.35. The van der Waals surface area contributed by atoms with Crippen LogP contribution in [0.2, 0.25) is 0 Å². The highest BCUT2D eigenvalue weighted by Crippen LogP contribution is 2.35. The summed E-state index contributed by atoms with van der Waals surface area (Å²) < 4.78 is 11.0. The van der Waals surface area contributed by atoms with E-state index in [1.165, 1.54) is 0 Å². The second-order valence-corrected chi connectivity index (χ2v) is 4.29. The van der Waals surface area contributed by atoms with Crippen LogP contribution in [0.25, 0.3) is 0 Å². The molecule has 0 fully saturated rings. The molecule has 0 radical (unpaired) electrons. The van der Waals surface area contributed by atoms with Crippen LogP contribution in [0.4, 0.5) is 5.69 Å². The first kappa shape index (κ1) is 13.2. The van der Waals surface area contributed by atoms with Crippen LogP contribution in [0.1, 0.15) is 11.1 Å². The normalized spacial score (nSPS) is 10.3. The first-order valence-electron chi connectivity index (χ1n) is 5.96. The molecule has 2 aromatic carbocycles. The second kappa shape index (κ2) is 5.63. The summed E-state index contributed by atoms with van der Waals surface area (Å²) in [4.78, 5) is 0. The molecule has 100 valence electrons. The average Bonchev–Trinajstić information content (AvgIpc) is 2.43. The van der Waals surface area contributed by atoms with Crippen molar-refractivity contribution in [3.05, 3.63) is 47.5 Å². The summed E-state index contributed by atoms with van der Waals surface area (Å²) in [5, 5.41) is 9.10. The Hall–Kier alpha value is -2.20. The van der Waals surface area contributed by atoms with E-state index >= 15 is 0 Å². The highest BCUT2D eigenvalue weighted by atomic mass is 16.5. The molecule has 4 nitrogen and oxygen atoms in total. The van der Waals surface area contributed by atoms with Gasteiger partial charge in [0.15, 0.2) is 17.2 Å². The Labute approximate surface area is 112 Å². The van der Waals surface area contributed by atoms with E-state index in [1.807, 2.05) is 19.1 Å². The van der Waals surface area contributed by atoms with Gasteiger partial charge in [0.05, 0.1) is 19.4 Å². The fraction of sp³-hybridized carbons (Fsp3) is 0.200. The van der Waals surface area contributed by atoms with E-state index in [-0.39, 0.29) is 6.61 Å². The Morgan fingerprint density at radius 3 is 2.53 bits per heavy atom. The molecule has 3 N–H and O–H groups in total. The third-order valence-corrected chi connectivity index (χ3v) is 2.80. The molecular formula is C15H17NO3. The predicted molar refractivity (Wildman–Crippen MR) is 74.6 cm³/mol. The van der Waals surface area contributed by atoms with E-state index in [1.54, 1.807) is 31.4 Å². The SMILES string of the molecule is COc1cc(CO)ccc1Oc1cc(C)ccc1N. The Bertz CT molecular complexity index is 582. The lowest BCUT2D eigenvalue weighted by atomic mass is 10.2. The van der Waals surface area contributed by atoms with Crippen LogP contribution >= 0.6 is 0 Å². The van der Waals surface area contributed by atoms with Crippen LogP contribution in [0.3, 0.4) is 0 Å². The molecule has 0 aliphatic heterocycles. The Kier molecular flexibility index (Phi) is 3.92. The average molecular weight is 259 g/mol. The molecule has 0 amide bonds. The molecule has 0 atom stereocenters. The lowest BCUT2D eigenvalue weighted by Gasteiger charge is -2.13. The molecule has 0 aliphatic carbocycles. The number of nitrogen functional groups attached to an aromatic ring is 1.